The van der Waals surface area contributed by atoms with Gasteiger partial charge in [-0.15, -0.1) is 0 Å². The van der Waals surface area contributed by atoms with E-state index in [-0.39, 0.29) is 18.2 Å². The molecule has 2 unspecified atom stereocenters. The number of carbonyl (C=O) groups excluding carboxylic acids is 2. The average Bonchev–Trinajstić information content (AvgIpc) is 3.20. The van der Waals surface area contributed by atoms with Gasteiger partial charge < -0.3 is 4.57 Å². The van der Waals surface area contributed by atoms with Gasteiger partial charge >= 0.3 is 12.4 Å². The van der Waals surface area contributed by atoms with Crippen LogP contribution in [0.4, 0.5) is 31.1 Å². The number of halogens is 6. The van der Waals surface area contributed by atoms with E-state index >= 15 is 0 Å². The molecule has 1 aliphatic heterocycles. The first-order chi connectivity index (χ1) is 14.9. The van der Waals surface area contributed by atoms with Crippen molar-refractivity contribution in [1.82, 2.24) is 9.88 Å². The highest BCUT2D eigenvalue weighted by Crippen LogP contribution is 2.42. The largest absolute Gasteiger partial charge is 0.416 e. The summed E-state index contributed by atoms with van der Waals surface area (Å²) in [4.78, 5) is 24.0. The molecule has 0 radical (unpaired) electrons. The zero-order valence-corrected chi connectivity index (χ0v) is 16.9. The minimum Gasteiger partial charge on any atom is -0.343 e. The van der Waals surface area contributed by atoms with Crippen LogP contribution < -0.4 is 5.32 Å². The molecule has 1 saturated heterocycles. The predicted octanol–water partition coefficient (Wildman–Crippen LogP) is 5.72. The maximum absolute atomic E-state index is 13.2. The smallest absolute Gasteiger partial charge is 0.343 e. The number of aromatic nitrogens is 1. The van der Waals surface area contributed by atoms with Gasteiger partial charge in [0, 0.05) is 23.6 Å². The van der Waals surface area contributed by atoms with Gasteiger partial charge in [-0.3, -0.25) is 14.9 Å². The van der Waals surface area contributed by atoms with Gasteiger partial charge in [0.05, 0.1) is 11.1 Å². The van der Waals surface area contributed by atoms with Crippen molar-refractivity contribution in [2.24, 2.45) is 0 Å². The number of nitrogens with zero attached hydrogens (tertiary/aromatic N) is 1. The summed E-state index contributed by atoms with van der Waals surface area (Å²) in [6.07, 6.45) is -8.36. The van der Waals surface area contributed by atoms with Gasteiger partial charge in [-0.1, -0.05) is 28.5 Å². The van der Waals surface area contributed by atoms with Gasteiger partial charge in [0.2, 0.25) is 5.91 Å². The van der Waals surface area contributed by atoms with Crippen LogP contribution in [0.3, 0.4) is 0 Å². The van der Waals surface area contributed by atoms with Crippen LogP contribution in [0, 0.1) is 0 Å². The Morgan fingerprint density at radius 3 is 2.12 bits per heavy atom. The standard InChI is InChI=1S/C21H14F6N2O2S/c1-32-17(18(30)28-19(32)31)15-3-2-4-16-14(15)5-6-29(16)10-11-7-12(20(22,23)24)9-13(8-11)21(25,26)27/h2-9,17H,1,10H2,(H,28,30,31). The summed E-state index contributed by atoms with van der Waals surface area (Å²) in [6, 6.07) is 7.94. The Morgan fingerprint density at radius 2 is 1.59 bits per heavy atom. The van der Waals surface area contributed by atoms with Crippen LogP contribution in [0.5, 0.6) is 0 Å². The third kappa shape index (κ3) is 3.92. The molecule has 0 bridgehead atoms. The van der Waals surface area contributed by atoms with E-state index in [1.165, 1.54) is 10.8 Å². The number of rotatable bonds is 3. The van der Waals surface area contributed by atoms with Crippen LogP contribution in [0.2, 0.25) is 0 Å². The topological polar surface area (TPSA) is 51.1 Å². The lowest BCUT2D eigenvalue weighted by Gasteiger charge is -2.15. The molecule has 32 heavy (non-hydrogen) atoms. The molecule has 1 aliphatic rings. The first-order valence-electron chi connectivity index (χ1n) is 9.10. The van der Waals surface area contributed by atoms with Crippen molar-refractivity contribution in [1.29, 1.82) is 0 Å². The van der Waals surface area contributed by atoms with Crippen LogP contribution in [0.15, 0.2) is 48.7 Å². The minimum atomic E-state index is -4.94. The van der Waals surface area contributed by atoms with Gasteiger partial charge in [0.1, 0.15) is 5.25 Å². The zero-order chi connectivity index (χ0) is 23.4. The first kappa shape index (κ1) is 22.1. The van der Waals surface area contributed by atoms with Gasteiger partial charge in [0.15, 0.2) is 0 Å². The number of nitrogens with one attached hydrogen (secondary N) is 1. The molecule has 4 rings (SSSR count). The van der Waals surface area contributed by atoms with Crippen molar-refractivity contribution >= 4 is 38.4 Å². The van der Waals surface area contributed by atoms with E-state index in [4.69, 9.17) is 0 Å². The zero-order valence-electron chi connectivity index (χ0n) is 16.1. The Hall–Kier alpha value is -3.08. The number of hydrogen-bond donors (Lipinski definition) is 1. The fourth-order valence-corrected chi connectivity index (χ4v) is 4.96. The highest BCUT2D eigenvalue weighted by atomic mass is 32.2. The molecule has 2 heterocycles. The summed E-state index contributed by atoms with van der Waals surface area (Å²) in [5, 5.41) is 1.48. The molecule has 3 aromatic rings. The normalized spacial score (nSPS) is 19.6. The van der Waals surface area contributed by atoms with Crippen LogP contribution in [-0.2, 0) is 23.7 Å². The molecular formula is C21H14F6N2O2S. The second kappa shape index (κ2) is 7.51. The summed E-state index contributed by atoms with van der Waals surface area (Å²) in [6.45, 7) is -0.258. The molecule has 0 saturated carbocycles. The molecule has 1 fully saturated rings. The summed E-state index contributed by atoms with van der Waals surface area (Å²) < 4.78 is 80.4. The summed E-state index contributed by atoms with van der Waals surface area (Å²) in [7, 11) is -1.16. The first-order valence-corrected chi connectivity index (χ1v) is 10.6. The third-order valence-electron chi connectivity index (χ3n) is 5.12. The number of fused-ring (bicyclic) bond motifs is 1. The molecule has 0 aliphatic carbocycles. The number of amides is 2. The summed E-state index contributed by atoms with van der Waals surface area (Å²) in [5.74, 6) is 3.25. The second-order valence-electron chi connectivity index (χ2n) is 7.22. The maximum Gasteiger partial charge on any atom is 0.416 e. The second-order valence-corrected chi connectivity index (χ2v) is 8.92. The van der Waals surface area contributed by atoms with Crippen LogP contribution >= 0.6 is 10.5 Å². The van der Waals surface area contributed by atoms with Gasteiger partial charge in [-0.25, -0.2) is 0 Å². The van der Waals surface area contributed by atoms with E-state index in [0.29, 0.717) is 28.6 Å². The van der Waals surface area contributed by atoms with Crippen LogP contribution in [-0.4, -0.2) is 21.6 Å². The minimum absolute atomic E-state index is 0.0837. The Kier molecular flexibility index (Phi) is 5.19. The lowest BCUT2D eigenvalue weighted by Crippen LogP contribution is -2.20. The fourth-order valence-electron chi connectivity index (χ4n) is 3.68. The monoisotopic (exact) mass is 472 g/mol. The Morgan fingerprint density at radius 1 is 0.969 bits per heavy atom. The third-order valence-corrected chi connectivity index (χ3v) is 6.73. The molecule has 2 amide bonds. The molecule has 2 atom stereocenters. The van der Waals surface area contributed by atoms with E-state index < -0.39 is 50.4 Å². The molecule has 2 aromatic carbocycles. The van der Waals surface area contributed by atoms with E-state index in [1.54, 1.807) is 24.3 Å². The summed E-state index contributed by atoms with van der Waals surface area (Å²) >= 11 is 0. The Balaban J connectivity index is 1.78. The van der Waals surface area contributed by atoms with Crippen molar-refractivity contribution in [3.8, 4) is 0 Å². The number of alkyl halides is 6. The number of benzene rings is 2. The van der Waals surface area contributed by atoms with Crippen molar-refractivity contribution in [3.63, 3.8) is 0 Å². The summed E-state index contributed by atoms with van der Waals surface area (Å²) in [5.41, 5.74) is -1.94. The molecule has 168 valence electrons. The number of carbonyl (C=O) groups is 2. The Bertz CT molecular complexity index is 1240. The van der Waals surface area contributed by atoms with Crippen molar-refractivity contribution in [2.45, 2.75) is 24.1 Å². The van der Waals surface area contributed by atoms with Crippen molar-refractivity contribution in [2.75, 3.05) is 0 Å². The van der Waals surface area contributed by atoms with E-state index in [2.05, 4.69) is 11.2 Å². The van der Waals surface area contributed by atoms with Crippen molar-refractivity contribution < 1.29 is 35.9 Å². The lowest BCUT2D eigenvalue weighted by atomic mass is 10.0. The molecule has 1 N–H and O–H groups in total. The predicted molar refractivity (Wildman–Crippen MR) is 108 cm³/mol. The Labute approximate surface area is 179 Å². The number of imide groups is 1. The fraction of sp³-hybridized carbons (Fsp3) is 0.190. The van der Waals surface area contributed by atoms with Gasteiger partial charge in [0.25, 0.3) is 5.24 Å². The lowest BCUT2D eigenvalue weighted by molar-refractivity contribution is -0.143. The maximum atomic E-state index is 13.2. The molecular weight excluding hydrogens is 458 g/mol. The molecule has 4 nitrogen and oxygen atoms in total. The average molecular weight is 472 g/mol. The van der Waals surface area contributed by atoms with Crippen LogP contribution in [0.25, 0.3) is 10.9 Å². The number of hydrogen-bond acceptors (Lipinski definition) is 2. The molecule has 1 aromatic heterocycles. The van der Waals surface area contributed by atoms with E-state index in [1.807, 2.05) is 0 Å². The highest BCUT2D eigenvalue weighted by Gasteiger charge is 2.38. The highest BCUT2D eigenvalue weighted by molar-refractivity contribution is 8.28. The molecule has 0 spiro atoms. The van der Waals surface area contributed by atoms with Gasteiger partial charge in [-0.05, 0) is 41.5 Å². The van der Waals surface area contributed by atoms with E-state index in [0.717, 1.165) is 0 Å². The van der Waals surface area contributed by atoms with Crippen LogP contribution in [0.1, 0.15) is 27.5 Å². The SMILES string of the molecule is C=S1C(=O)NC(=O)C1c1cccc2c1ccn2Cc1cc(C(F)(F)F)cc(C(F)(F)F)c1. The van der Waals surface area contributed by atoms with E-state index in [9.17, 15) is 35.9 Å². The molecule has 11 heteroatoms. The van der Waals surface area contributed by atoms with Gasteiger partial charge in [-0.2, -0.15) is 26.3 Å². The van der Waals surface area contributed by atoms with Crippen molar-refractivity contribution in [3.05, 3.63) is 70.9 Å². The quantitative estimate of drug-likeness (QED) is 0.392.